The van der Waals surface area contributed by atoms with Gasteiger partial charge < -0.3 is 0 Å². The van der Waals surface area contributed by atoms with Crippen molar-refractivity contribution in [2.45, 2.75) is 26.4 Å². The Bertz CT molecular complexity index is 534. The van der Waals surface area contributed by atoms with Gasteiger partial charge in [-0.2, -0.15) is 12.6 Å². The highest BCUT2D eigenvalue weighted by Crippen LogP contribution is 2.01. The van der Waals surface area contributed by atoms with Crippen molar-refractivity contribution in [3.8, 4) is 0 Å². The molecule has 1 heterocycles. The number of aryl methyl sites for hydroxylation is 1. The summed E-state index contributed by atoms with van der Waals surface area (Å²) in [4.78, 5) is 33.4. The number of nitrogens with zero attached hydrogens (tertiary/aromatic N) is 3. The lowest BCUT2D eigenvalue weighted by Gasteiger charge is -2.07. The zero-order valence-electron chi connectivity index (χ0n) is 9.33. The van der Waals surface area contributed by atoms with Crippen molar-refractivity contribution in [3.05, 3.63) is 37.1 Å². The number of aromatic nitrogens is 2. The second-order valence-electron chi connectivity index (χ2n) is 3.43. The highest BCUT2D eigenvalue weighted by atomic mass is 32.1. The molecule has 0 spiro atoms. The van der Waals surface area contributed by atoms with Gasteiger partial charge in [0.05, 0.1) is 11.1 Å². The van der Waals surface area contributed by atoms with Gasteiger partial charge in [0.15, 0.2) is 0 Å². The molecule has 0 aliphatic rings. The first kappa shape index (κ1) is 13.5. The van der Waals surface area contributed by atoms with Gasteiger partial charge in [0.2, 0.25) is 0 Å². The van der Waals surface area contributed by atoms with Gasteiger partial charge in [0.25, 0.3) is 0 Å². The van der Waals surface area contributed by atoms with Crippen molar-refractivity contribution >= 4 is 18.3 Å². The monoisotopic (exact) mass is 259 g/mol. The van der Waals surface area contributed by atoms with E-state index < -0.39 is 21.9 Å². The molecule has 0 atom stereocenters. The second kappa shape index (κ2) is 5.67. The summed E-state index contributed by atoms with van der Waals surface area (Å²) in [6.45, 7) is 2.24. The molecule has 17 heavy (non-hydrogen) atoms. The van der Waals surface area contributed by atoms with Crippen molar-refractivity contribution in [1.29, 1.82) is 0 Å². The van der Waals surface area contributed by atoms with Crippen LogP contribution < -0.4 is 11.2 Å². The summed E-state index contributed by atoms with van der Waals surface area (Å²) in [5.74, 6) is 0.266. The third-order valence-electron chi connectivity index (χ3n) is 2.20. The maximum absolute atomic E-state index is 11.8. The third-order valence-corrected chi connectivity index (χ3v) is 2.40. The summed E-state index contributed by atoms with van der Waals surface area (Å²) < 4.78 is 2.03. The zero-order valence-corrected chi connectivity index (χ0v) is 10.2. The normalized spacial score (nSPS) is 10.5. The van der Waals surface area contributed by atoms with Gasteiger partial charge in [0.1, 0.15) is 0 Å². The molecule has 8 heteroatoms. The molecule has 1 aromatic heterocycles. The van der Waals surface area contributed by atoms with E-state index in [-0.39, 0.29) is 12.3 Å². The van der Waals surface area contributed by atoms with Crippen molar-refractivity contribution in [3.63, 3.8) is 0 Å². The van der Waals surface area contributed by atoms with Gasteiger partial charge in [-0.1, -0.05) is 6.92 Å². The van der Waals surface area contributed by atoms with Gasteiger partial charge in [0, 0.05) is 18.8 Å². The molecular weight excluding hydrogens is 246 g/mol. The van der Waals surface area contributed by atoms with Gasteiger partial charge in [-0.05, 0) is 6.42 Å². The summed E-state index contributed by atoms with van der Waals surface area (Å²) in [5, 5.41) is 10.7. The van der Waals surface area contributed by atoms with Crippen LogP contribution in [0.3, 0.4) is 0 Å². The van der Waals surface area contributed by atoms with Gasteiger partial charge >= 0.3 is 16.9 Å². The van der Waals surface area contributed by atoms with E-state index in [0.29, 0.717) is 13.0 Å². The van der Waals surface area contributed by atoms with Crippen LogP contribution >= 0.6 is 12.6 Å². The molecule has 0 N–H and O–H groups in total. The third kappa shape index (κ3) is 2.76. The maximum Gasteiger partial charge on any atom is 0.350 e. The smallest absolute Gasteiger partial charge is 0.293 e. The van der Waals surface area contributed by atoms with Gasteiger partial charge in [-0.15, -0.1) is 0 Å². The van der Waals surface area contributed by atoms with E-state index in [1.165, 1.54) is 4.57 Å². The Morgan fingerprint density at radius 3 is 2.53 bits per heavy atom. The standard InChI is InChI=1S/C9H13N3O4S/c1-2-3-10-6-7(12(15)16)8(13)11(4-5-17)9(10)14/h6,17H,2-5H2,1H3. The predicted octanol–water partition coefficient (Wildman–Crippen LogP) is 0.258. The molecular formula is C9H13N3O4S. The van der Waals surface area contributed by atoms with E-state index in [9.17, 15) is 19.7 Å². The van der Waals surface area contributed by atoms with E-state index in [1.54, 1.807) is 0 Å². The summed E-state index contributed by atoms with van der Waals surface area (Å²) in [6.07, 6.45) is 1.65. The molecule has 0 unspecified atom stereocenters. The van der Waals surface area contributed by atoms with Crippen LogP contribution in [-0.2, 0) is 13.1 Å². The minimum absolute atomic E-state index is 0.0617. The topological polar surface area (TPSA) is 87.1 Å². The lowest BCUT2D eigenvalue weighted by molar-refractivity contribution is -0.387. The largest absolute Gasteiger partial charge is 0.350 e. The maximum atomic E-state index is 11.8. The number of hydrogen-bond donors (Lipinski definition) is 1. The molecule has 0 radical (unpaired) electrons. The summed E-state index contributed by atoms with van der Waals surface area (Å²) in [6, 6.07) is 0. The molecule has 0 fully saturated rings. The predicted molar refractivity (Wildman–Crippen MR) is 65.8 cm³/mol. The van der Waals surface area contributed by atoms with Gasteiger partial charge in [-0.3, -0.25) is 24.0 Å². The first-order valence-corrected chi connectivity index (χ1v) is 5.75. The molecule has 0 aliphatic heterocycles. The van der Waals surface area contributed by atoms with E-state index in [4.69, 9.17) is 0 Å². The summed E-state index contributed by atoms with van der Waals surface area (Å²) in [7, 11) is 0. The number of hydrogen-bond acceptors (Lipinski definition) is 5. The first-order valence-electron chi connectivity index (χ1n) is 5.12. The average molecular weight is 259 g/mol. The Morgan fingerprint density at radius 2 is 2.06 bits per heavy atom. The minimum atomic E-state index is -0.874. The van der Waals surface area contributed by atoms with Crippen LogP contribution in [-0.4, -0.2) is 19.8 Å². The zero-order chi connectivity index (χ0) is 13.0. The number of nitro groups is 1. The van der Waals surface area contributed by atoms with Gasteiger partial charge in [-0.25, -0.2) is 4.79 Å². The number of thiol groups is 1. The lowest BCUT2D eigenvalue weighted by Crippen LogP contribution is -2.40. The quantitative estimate of drug-likeness (QED) is 0.466. The molecule has 0 aliphatic carbocycles. The first-order chi connectivity index (χ1) is 8.02. The van der Waals surface area contributed by atoms with Crippen molar-refractivity contribution in [1.82, 2.24) is 9.13 Å². The Kier molecular flexibility index (Phi) is 4.50. The van der Waals surface area contributed by atoms with E-state index in [0.717, 1.165) is 10.8 Å². The lowest BCUT2D eigenvalue weighted by atomic mass is 10.4. The van der Waals surface area contributed by atoms with Crippen molar-refractivity contribution in [2.24, 2.45) is 0 Å². The average Bonchev–Trinajstić information content (AvgIpc) is 2.27. The molecule has 0 saturated heterocycles. The van der Waals surface area contributed by atoms with Crippen LogP contribution in [0.25, 0.3) is 0 Å². The fourth-order valence-electron chi connectivity index (χ4n) is 1.46. The molecule has 0 bridgehead atoms. The molecule has 0 amide bonds. The molecule has 1 aromatic rings. The summed E-state index contributed by atoms with van der Waals surface area (Å²) in [5.41, 5.74) is -1.99. The molecule has 0 saturated carbocycles. The Hall–Kier alpha value is -1.57. The molecule has 0 aromatic carbocycles. The number of rotatable bonds is 5. The van der Waals surface area contributed by atoms with Crippen molar-refractivity contribution < 1.29 is 4.92 Å². The fourth-order valence-corrected chi connectivity index (χ4v) is 1.66. The van der Waals surface area contributed by atoms with Crippen LogP contribution in [0, 0.1) is 10.1 Å². The van der Waals surface area contributed by atoms with Crippen LogP contribution in [0.15, 0.2) is 15.8 Å². The van der Waals surface area contributed by atoms with E-state index >= 15 is 0 Å². The van der Waals surface area contributed by atoms with E-state index in [2.05, 4.69) is 12.6 Å². The SMILES string of the molecule is CCCn1cc([N+](=O)[O-])c(=O)n(CCS)c1=O. The van der Waals surface area contributed by atoms with Crippen molar-refractivity contribution in [2.75, 3.05) is 5.75 Å². The van der Waals surface area contributed by atoms with E-state index in [1.807, 2.05) is 6.92 Å². The minimum Gasteiger partial charge on any atom is -0.293 e. The molecule has 1 rings (SSSR count). The molecule has 94 valence electrons. The Balaban J connectivity index is 3.52. The van der Waals surface area contributed by atoms with Crippen LogP contribution in [0.5, 0.6) is 0 Å². The molecule has 7 nitrogen and oxygen atoms in total. The van der Waals surface area contributed by atoms with Crippen LogP contribution in [0.4, 0.5) is 5.69 Å². The highest BCUT2D eigenvalue weighted by Gasteiger charge is 2.18. The highest BCUT2D eigenvalue weighted by molar-refractivity contribution is 7.80. The Morgan fingerprint density at radius 1 is 1.41 bits per heavy atom. The Labute approximate surface area is 102 Å². The second-order valence-corrected chi connectivity index (χ2v) is 3.88. The summed E-state index contributed by atoms with van der Waals surface area (Å²) >= 11 is 3.92. The van der Waals surface area contributed by atoms with Crippen LogP contribution in [0.2, 0.25) is 0 Å². The van der Waals surface area contributed by atoms with Crippen LogP contribution in [0.1, 0.15) is 13.3 Å². The fraction of sp³-hybridized carbons (Fsp3) is 0.556.